The number of aryl methyl sites for hydroxylation is 1. The van der Waals surface area contributed by atoms with Gasteiger partial charge in [0.25, 0.3) is 5.91 Å². The fourth-order valence-corrected chi connectivity index (χ4v) is 2.07. The lowest BCUT2D eigenvalue weighted by Crippen LogP contribution is -2.11. The van der Waals surface area contributed by atoms with E-state index in [9.17, 15) is 4.79 Å². The molecule has 21 heavy (non-hydrogen) atoms. The Balaban J connectivity index is 2.04. The Morgan fingerprint density at radius 3 is 2.62 bits per heavy atom. The number of anilines is 1. The van der Waals surface area contributed by atoms with Crippen LogP contribution < -0.4 is 5.32 Å². The Morgan fingerprint density at radius 2 is 1.95 bits per heavy atom. The molecule has 0 aliphatic rings. The molecule has 0 fully saturated rings. The van der Waals surface area contributed by atoms with Gasteiger partial charge in [0.2, 0.25) is 0 Å². The van der Waals surface area contributed by atoms with Gasteiger partial charge in [0.15, 0.2) is 0 Å². The first-order valence-corrected chi connectivity index (χ1v) is 7.13. The summed E-state index contributed by atoms with van der Waals surface area (Å²) in [5, 5.41) is 11.7. The molecule has 0 aromatic heterocycles. The van der Waals surface area contributed by atoms with E-state index in [4.69, 9.17) is 5.26 Å². The van der Waals surface area contributed by atoms with E-state index < -0.39 is 0 Å². The van der Waals surface area contributed by atoms with Crippen molar-refractivity contribution in [2.24, 2.45) is 0 Å². The third-order valence-electron chi connectivity index (χ3n) is 3.28. The molecule has 2 aromatic rings. The molecule has 0 spiro atoms. The van der Waals surface area contributed by atoms with E-state index in [1.165, 1.54) is 5.56 Å². The number of hydrogen-bond donors (Lipinski definition) is 1. The molecule has 3 heteroatoms. The Hall–Kier alpha value is -2.60. The van der Waals surface area contributed by atoms with E-state index in [0.717, 1.165) is 19.3 Å². The van der Waals surface area contributed by atoms with Crippen LogP contribution in [-0.2, 0) is 6.42 Å². The molecule has 0 atom stereocenters. The molecule has 0 bridgehead atoms. The fraction of sp³-hybridized carbons (Fsp3) is 0.222. The summed E-state index contributed by atoms with van der Waals surface area (Å²) in [5.74, 6) is -0.160. The molecule has 0 radical (unpaired) electrons. The lowest BCUT2D eigenvalue weighted by molar-refractivity contribution is 0.102. The van der Waals surface area contributed by atoms with Gasteiger partial charge in [-0.05, 0) is 48.7 Å². The summed E-state index contributed by atoms with van der Waals surface area (Å²) in [7, 11) is 0. The van der Waals surface area contributed by atoms with Crippen LogP contribution in [0.2, 0.25) is 0 Å². The monoisotopic (exact) mass is 278 g/mol. The molecule has 0 aliphatic heterocycles. The van der Waals surface area contributed by atoms with Crippen LogP contribution in [0.3, 0.4) is 0 Å². The maximum Gasteiger partial charge on any atom is 0.255 e. The lowest BCUT2D eigenvalue weighted by atomic mass is 10.1. The van der Waals surface area contributed by atoms with Gasteiger partial charge >= 0.3 is 0 Å². The zero-order valence-corrected chi connectivity index (χ0v) is 12.1. The van der Waals surface area contributed by atoms with Gasteiger partial charge in [-0.25, -0.2) is 0 Å². The predicted octanol–water partition coefficient (Wildman–Crippen LogP) is 4.15. The first-order valence-electron chi connectivity index (χ1n) is 7.13. The van der Waals surface area contributed by atoms with Crippen molar-refractivity contribution in [3.8, 4) is 6.07 Å². The molecule has 0 unspecified atom stereocenters. The van der Waals surface area contributed by atoms with E-state index in [1.807, 2.05) is 24.3 Å². The molecule has 0 saturated carbocycles. The first kappa shape index (κ1) is 14.8. The van der Waals surface area contributed by atoms with Crippen molar-refractivity contribution in [2.45, 2.75) is 26.2 Å². The smallest absolute Gasteiger partial charge is 0.255 e. The van der Waals surface area contributed by atoms with Gasteiger partial charge < -0.3 is 5.32 Å². The second kappa shape index (κ2) is 7.25. The molecule has 0 aliphatic carbocycles. The van der Waals surface area contributed by atoms with Crippen molar-refractivity contribution in [1.29, 1.82) is 5.26 Å². The number of nitrogens with one attached hydrogen (secondary N) is 1. The van der Waals surface area contributed by atoms with Crippen molar-refractivity contribution in [3.05, 3.63) is 65.2 Å². The van der Waals surface area contributed by atoms with Crippen LogP contribution in [0.5, 0.6) is 0 Å². The third-order valence-corrected chi connectivity index (χ3v) is 3.28. The van der Waals surface area contributed by atoms with Gasteiger partial charge in [-0.3, -0.25) is 4.79 Å². The average Bonchev–Trinajstić information content (AvgIpc) is 2.53. The Morgan fingerprint density at radius 1 is 1.19 bits per heavy atom. The largest absolute Gasteiger partial charge is 0.322 e. The summed E-state index contributed by atoms with van der Waals surface area (Å²) in [6.07, 6.45) is 3.37. The van der Waals surface area contributed by atoms with E-state index in [1.54, 1.807) is 24.3 Å². The van der Waals surface area contributed by atoms with Crippen molar-refractivity contribution in [1.82, 2.24) is 0 Å². The zero-order chi connectivity index (χ0) is 15.1. The van der Waals surface area contributed by atoms with E-state index >= 15 is 0 Å². The van der Waals surface area contributed by atoms with Crippen LogP contribution in [-0.4, -0.2) is 5.91 Å². The summed E-state index contributed by atoms with van der Waals surface area (Å²) < 4.78 is 0. The van der Waals surface area contributed by atoms with Crippen LogP contribution in [0.4, 0.5) is 5.69 Å². The minimum absolute atomic E-state index is 0.160. The van der Waals surface area contributed by atoms with E-state index in [2.05, 4.69) is 18.3 Å². The number of rotatable bonds is 5. The number of amides is 1. The number of nitriles is 1. The summed E-state index contributed by atoms with van der Waals surface area (Å²) in [4.78, 5) is 12.1. The summed E-state index contributed by atoms with van der Waals surface area (Å²) >= 11 is 0. The zero-order valence-electron chi connectivity index (χ0n) is 12.1. The molecular weight excluding hydrogens is 260 g/mol. The van der Waals surface area contributed by atoms with Gasteiger partial charge in [0, 0.05) is 11.3 Å². The van der Waals surface area contributed by atoms with Gasteiger partial charge in [-0.15, -0.1) is 0 Å². The molecular formula is C18H18N2O. The van der Waals surface area contributed by atoms with Crippen LogP contribution in [0.25, 0.3) is 0 Å². The second-order valence-electron chi connectivity index (χ2n) is 4.95. The van der Waals surface area contributed by atoms with Crippen molar-refractivity contribution in [2.75, 3.05) is 5.32 Å². The average molecular weight is 278 g/mol. The number of carbonyl (C=O) groups is 1. The van der Waals surface area contributed by atoms with Crippen LogP contribution >= 0.6 is 0 Å². The number of benzene rings is 2. The third kappa shape index (κ3) is 4.19. The van der Waals surface area contributed by atoms with Crippen LogP contribution in [0, 0.1) is 11.3 Å². The highest BCUT2D eigenvalue weighted by Gasteiger charge is 2.06. The normalized spacial score (nSPS) is 9.90. The van der Waals surface area contributed by atoms with Crippen molar-refractivity contribution < 1.29 is 4.79 Å². The predicted molar refractivity (Wildman–Crippen MR) is 84.2 cm³/mol. The van der Waals surface area contributed by atoms with Gasteiger partial charge in [0.1, 0.15) is 0 Å². The van der Waals surface area contributed by atoms with Gasteiger partial charge in [-0.2, -0.15) is 5.26 Å². The molecule has 0 heterocycles. The van der Waals surface area contributed by atoms with Crippen molar-refractivity contribution >= 4 is 11.6 Å². The van der Waals surface area contributed by atoms with Crippen molar-refractivity contribution in [3.63, 3.8) is 0 Å². The summed E-state index contributed by atoms with van der Waals surface area (Å²) in [5.41, 5.74) is 3.04. The molecule has 1 N–H and O–H groups in total. The standard InChI is InChI=1S/C18H18N2O/c1-2-3-5-14-8-10-16(11-9-14)18(21)20-17-7-4-6-15(12-17)13-19/h4,6-12H,2-3,5H2,1H3,(H,20,21). The van der Waals surface area contributed by atoms with E-state index in [-0.39, 0.29) is 5.91 Å². The Bertz CT molecular complexity index is 654. The van der Waals surface area contributed by atoms with Gasteiger partial charge in [0.05, 0.1) is 11.6 Å². The topological polar surface area (TPSA) is 52.9 Å². The Labute approximate surface area is 125 Å². The highest BCUT2D eigenvalue weighted by molar-refractivity contribution is 6.04. The first-order chi connectivity index (χ1) is 10.2. The summed E-state index contributed by atoms with van der Waals surface area (Å²) in [6, 6.07) is 16.6. The number of hydrogen-bond acceptors (Lipinski definition) is 2. The molecule has 2 aromatic carbocycles. The summed E-state index contributed by atoms with van der Waals surface area (Å²) in [6.45, 7) is 2.16. The highest BCUT2D eigenvalue weighted by Crippen LogP contribution is 2.13. The second-order valence-corrected chi connectivity index (χ2v) is 4.95. The highest BCUT2D eigenvalue weighted by atomic mass is 16.1. The van der Waals surface area contributed by atoms with Crippen LogP contribution in [0.15, 0.2) is 48.5 Å². The van der Waals surface area contributed by atoms with Gasteiger partial charge in [-0.1, -0.05) is 31.5 Å². The Kier molecular flexibility index (Phi) is 5.11. The molecule has 1 amide bonds. The maximum absolute atomic E-state index is 12.1. The lowest BCUT2D eigenvalue weighted by Gasteiger charge is -2.06. The number of carbonyl (C=O) groups excluding carboxylic acids is 1. The minimum Gasteiger partial charge on any atom is -0.322 e. The molecule has 106 valence electrons. The van der Waals surface area contributed by atoms with E-state index in [0.29, 0.717) is 16.8 Å². The maximum atomic E-state index is 12.1. The number of unbranched alkanes of at least 4 members (excludes halogenated alkanes) is 1. The SMILES string of the molecule is CCCCc1ccc(C(=O)Nc2cccc(C#N)c2)cc1. The minimum atomic E-state index is -0.160. The molecule has 2 rings (SSSR count). The molecule has 3 nitrogen and oxygen atoms in total. The van der Waals surface area contributed by atoms with Crippen LogP contribution in [0.1, 0.15) is 41.3 Å². The quantitative estimate of drug-likeness (QED) is 0.893. The molecule has 0 saturated heterocycles. The number of nitrogens with zero attached hydrogens (tertiary/aromatic N) is 1. The fourth-order valence-electron chi connectivity index (χ4n) is 2.07.